The molecule has 11 heavy (non-hydrogen) atoms. The first-order valence-electron chi connectivity index (χ1n) is 3.55. The SMILES string of the molecule is CC(O)OC(C)(C)OC(C)O. The number of hydrogen-bond acceptors (Lipinski definition) is 4. The van der Waals surface area contributed by atoms with E-state index in [0.29, 0.717) is 0 Å². The first-order valence-corrected chi connectivity index (χ1v) is 3.55. The van der Waals surface area contributed by atoms with Gasteiger partial charge in [-0.2, -0.15) is 0 Å². The third-order valence-corrected chi connectivity index (χ3v) is 0.909. The molecule has 0 aromatic heterocycles. The summed E-state index contributed by atoms with van der Waals surface area (Å²) in [6, 6.07) is 0. The van der Waals surface area contributed by atoms with Crippen LogP contribution in [0.25, 0.3) is 0 Å². The molecule has 2 N–H and O–H groups in total. The Labute approximate surface area is 66.7 Å². The van der Waals surface area contributed by atoms with Gasteiger partial charge in [0, 0.05) is 0 Å². The minimum absolute atomic E-state index is 0.899. The van der Waals surface area contributed by atoms with Crippen LogP contribution in [0.1, 0.15) is 27.7 Å². The van der Waals surface area contributed by atoms with Gasteiger partial charge < -0.3 is 19.7 Å². The van der Waals surface area contributed by atoms with E-state index in [1.54, 1.807) is 13.8 Å². The number of aliphatic hydroxyl groups excluding tert-OH is 2. The van der Waals surface area contributed by atoms with Crippen molar-refractivity contribution in [3.63, 3.8) is 0 Å². The summed E-state index contributed by atoms with van der Waals surface area (Å²) in [6.45, 7) is 6.19. The van der Waals surface area contributed by atoms with Gasteiger partial charge in [0.2, 0.25) is 0 Å². The first-order chi connectivity index (χ1) is 4.83. The Balaban J connectivity index is 3.79. The van der Waals surface area contributed by atoms with Crippen LogP contribution in [0.5, 0.6) is 0 Å². The molecule has 2 atom stereocenters. The molecule has 0 fully saturated rings. The molecule has 0 saturated heterocycles. The van der Waals surface area contributed by atoms with E-state index in [2.05, 4.69) is 0 Å². The Morgan fingerprint density at radius 3 is 1.45 bits per heavy atom. The summed E-state index contributed by atoms with van der Waals surface area (Å²) in [6.07, 6.45) is -1.80. The van der Waals surface area contributed by atoms with Crippen molar-refractivity contribution in [3.05, 3.63) is 0 Å². The summed E-state index contributed by atoms with van der Waals surface area (Å²) in [5, 5.41) is 17.6. The van der Waals surface area contributed by atoms with E-state index in [4.69, 9.17) is 19.7 Å². The largest absolute Gasteiger partial charge is 0.368 e. The fourth-order valence-electron chi connectivity index (χ4n) is 0.849. The van der Waals surface area contributed by atoms with Gasteiger partial charge in [-0.3, -0.25) is 0 Å². The molecule has 4 nitrogen and oxygen atoms in total. The minimum atomic E-state index is -0.956. The molecule has 4 heteroatoms. The summed E-state index contributed by atoms with van der Waals surface area (Å²) in [7, 11) is 0. The molecule has 0 saturated carbocycles. The van der Waals surface area contributed by atoms with Crippen LogP contribution in [0, 0.1) is 0 Å². The van der Waals surface area contributed by atoms with Crippen molar-refractivity contribution in [3.8, 4) is 0 Å². The molecule has 2 unspecified atom stereocenters. The maximum absolute atomic E-state index is 8.82. The highest BCUT2D eigenvalue weighted by atomic mass is 16.8. The Morgan fingerprint density at radius 1 is 1.00 bits per heavy atom. The summed E-state index contributed by atoms with van der Waals surface area (Å²) in [5.41, 5.74) is 0. The second kappa shape index (κ2) is 4.01. The van der Waals surface area contributed by atoms with Crippen molar-refractivity contribution in [1.82, 2.24) is 0 Å². The van der Waals surface area contributed by atoms with Crippen LogP contribution in [0.15, 0.2) is 0 Å². The Bertz CT molecular complexity index is 97.0. The summed E-state index contributed by atoms with van der Waals surface area (Å²) < 4.78 is 9.84. The molecular formula is C7H16O4. The molecule has 0 amide bonds. The molecule has 0 aromatic rings. The highest BCUT2D eigenvalue weighted by Gasteiger charge is 2.23. The summed E-state index contributed by atoms with van der Waals surface area (Å²) >= 11 is 0. The van der Waals surface area contributed by atoms with Gasteiger partial charge in [-0.25, -0.2) is 0 Å². The molecular weight excluding hydrogens is 148 g/mol. The van der Waals surface area contributed by atoms with E-state index in [-0.39, 0.29) is 0 Å². The second-order valence-corrected chi connectivity index (χ2v) is 2.83. The van der Waals surface area contributed by atoms with E-state index in [1.165, 1.54) is 13.8 Å². The molecule has 0 aliphatic heterocycles. The fraction of sp³-hybridized carbons (Fsp3) is 1.00. The van der Waals surface area contributed by atoms with Gasteiger partial charge in [0.1, 0.15) is 0 Å². The lowest BCUT2D eigenvalue weighted by Gasteiger charge is -2.28. The van der Waals surface area contributed by atoms with Crippen molar-refractivity contribution in [2.24, 2.45) is 0 Å². The van der Waals surface area contributed by atoms with Crippen LogP contribution in [0.4, 0.5) is 0 Å². The van der Waals surface area contributed by atoms with E-state index in [0.717, 1.165) is 0 Å². The van der Waals surface area contributed by atoms with Gasteiger partial charge in [-0.15, -0.1) is 0 Å². The smallest absolute Gasteiger partial charge is 0.168 e. The normalized spacial score (nSPS) is 18.0. The molecule has 0 rings (SSSR count). The monoisotopic (exact) mass is 164 g/mol. The van der Waals surface area contributed by atoms with Crippen molar-refractivity contribution in [1.29, 1.82) is 0 Å². The van der Waals surface area contributed by atoms with Crippen molar-refractivity contribution < 1.29 is 19.7 Å². The van der Waals surface area contributed by atoms with Crippen LogP contribution >= 0.6 is 0 Å². The van der Waals surface area contributed by atoms with Gasteiger partial charge in [0.15, 0.2) is 18.4 Å². The summed E-state index contributed by atoms with van der Waals surface area (Å²) in [4.78, 5) is 0. The molecule has 0 bridgehead atoms. The van der Waals surface area contributed by atoms with Gasteiger partial charge in [-0.1, -0.05) is 0 Å². The zero-order valence-electron chi connectivity index (χ0n) is 7.37. The van der Waals surface area contributed by atoms with Gasteiger partial charge in [0.25, 0.3) is 0 Å². The lowest BCUT2D eigenvalue weighted by molar-refractivity contribution is -0.317. The van der Waals surface area contributed by atoms with E-state index >= 15 is 0 Å². The molecule has 0 spiro atoms. The highest BCUT2D eigenvalue weighted by molar-refractivity contribution is 4.53. The first kappa shape index (κ1) is 10.8. The molecule has 0 heterocycles. The molecule has 68 valence electrons. The highest BCUT2D eigenvalue weighted by Crippen LogP contribution is 2.14. The van der Waals surface area contributed by atoms with Gasteiger partial charge in [-0.05, 0) is 27.7 Å². The van der Waals surface area contributed by atoms with Crippen LogP contribution in [-0.2, 0) is 9.47 Å². The quantitative estimate of drug-likeness (QED) is 0.592. The Hall–Kier alpha value is -0.160. The van der Waals surface area contributed by atoms with Crippen LogP contribution in [0.3, 0.4) is 0 Å². The maximum atomic E-state index is 8.82. The van der Waals surface area contributed by atoms with E-state index < -0.39 is 18.4 Å². The molecule has 0 aromatic carbocycles. The van der Waals surface area contributed by atoms with Crippen molar-refractivity contribution >= 4 is 0 Å². The van der Waals surface area contributed by atoms with Crippen LogP contribution < -0.4 is 0 Å². The van der Waals surface area contributed by atoms with Crippen LogP contribution in [0.2, 0.25) is 0 Å². The van der Waals surface area contributed by atoms with Crippen molar-refractivity contribution in [2.75, 3.05) is 0 Å². The standard InChI is InChI=1S/C7H16O4/c1-5(8)10-7(3,4)11-6(2)9/h5-6,8-9H,1-4H3. The predicted octanol–water partition coefficient (Wildman–Crippen LogP) is 0.432. The second-order valence-electron chi connectivity index (χ2n) is 2.83. The fourth-order valence-corrected chi connectivity index (χ4v) is 0.849. The lowest BCUT2D eigenvalue weighted by atomic mass is 10.4. The predicted molar refractivity (Wildman–Crippen MR) is 39.6 cm³/mol. The average Bonchev–Trinajstić information content (AvgIpc) is 1.53. The third-order valence-electron chi connectivity index (χ3n) is 0.909. The third kappa shape index (κ3) is 6.25. The average molecular weight is 164 g/mol. The number of hydrogen-bond donors (Lipinski definition) is 2. The minimum Gasteiger partial charge on any atom is -0.368 e. The van der Waals surface area contributed by atoms with E-state index in [9.17, 15) is 0 Å². The van der Waals surface area contributed by atoms with Crippen LogP contribution in [-0.4, -0.2) is 28.6 Å². The number of ether oxygens (including phenoxy) is 2. The maximum Gasteiger partial charge on any atom is 0.168 e. The van der Waals surface area contributed by atoms with Gasteiger partial charge in [0.05, 0.1) is 0 Å². The molecule has 0 radical (unpaired) electrons. The topological polar surface area (TPSA) is 58.9 Å². The lowest BCUT2D eigenvalue weighted by Crippen LogP contribution is -2.35. The summed E-state index contributed by atoms with van der Waals surface area (Å²) in [5.74, 6) is -0.956. The number of rotatable bonds is 4. The Kier molecular flexibility index (Phi) is 3.96. The molecule has 0 aliphatic rings. The zero-order chi connectivity index (χ0) is 9.07. The zero-order valence-corrected chi connectivity index (χ0v) is 7.37. The molecule has 0 aliphatic carbocycles. The van der Waals surface area contributed by atoms with Gasteiger partial charge >= 0.3 is 0 Å². The van der Waals surface area contributed by atoms with E-state index in [1.807, 2.05) is 0 Å². The Morgan fingerprint density at radius 2 is 1.27 bits per heavy atom. The number of aliphatic hydroxyl groups is 2. The van der Waals surface area contributed by atoms with Crippen molar-refractivity contribution in [2.45, 2.75) is 46.1 Å².